The van der Waals surface area contributed by atoms with E-state index in [1.807, 2.05) is 25.1 Å². The highest BCUT2D eigenvalue weighted by Crippen LogP contribution is 2.32. The summed E-state index contributed by atoms with van der Waals surface area (Å²) in [6.07, 6.45) is 4.50. The van der Waals surface area contributed by atoms with Crippen LogP contribution in [0.5, 0.6) is 0 Å². The quantitative estimate of drug-likeness (QED) is 0.718. The molecule has 1 nitrogen and oxygen atoms in total. The van der Waals surface area contributed by atoms with Crippen molar-refractivity contribution in [1.29, 1.82) is 0 Å². The molecule has 0 N–H and O–H groups in total. The normalized spacial score (nSPS) is 24.6. The van der Waals surface area contributed by atoms with E-state index in [9.17, 15) is 4.79 Å². The molecule has 0 amide bonds. The van der Waals surface area contributed by atoms with E-state index in [1.165, 1.54) is 12.8 Å². The van der Waals surface area contributed by atoms with Gasteiger partial charge >= 0.3 is 0 Å². The van der Waals surface area contributed by atoms with E-state index in [0.29, 0.717) is 5.78 Å². The minimum atomic E-state index is 0.240. The van der Waals surface area contributed by atoms with Crippen molar-refractivity contribution in [3.8, 4) is 0 Å². The van der Waals surface area contributed by atoms with Gasteiger partial charge in [-0.2, -0.15) is 0 Å². The third kappa shape index (κ3) is 2.98. The van der Waals surface area contributed by atoms with E-state index in [4.69, 9.17) is 0 Å². The first-order chi connectivity index (χ1) is 8.08. The van der Waals surface area contributed by atoms with E-state index in [-0.39, 0.29) is 5.92 Å². The maximum Gasteiger partial charge on any atom is 0.167 e. The van der Waals surface area contributed by atoms with Gasteiger partial charge in [0.2, 0.25) is 0 Å². The molecular formula is C15H19BrO. The Hall–Kier alpha value is -0.630. The third-order valence-corrected chi connectivity index (χ3v) is 4.47. The minimum absolute atomic E-state index is 0.240. The average molecular weight is 295 g/mol. The van der Waals surface area contributed by atoms with Crippen LogP contribution in [0.2, 0.25) is 0 Å². The zero-order valence-corrected chi connectivity index (χ0v) is 12.1. The Morgan fingerprint density at radius 2 is 1.88 bits per heavy atom. The van der Waals surface area contributed by atoms with Gasteiger partial charge in [0.05, 0.1) is 0 Å². The highest BCUT2D eigenvalue weighted by atomic mass is 79.9. The van der Waals surface area contributed by atoms with Crippen LogP contribution >= 0.6 is 15.9 Å². The molecule has 0 aliphatic heterocycles. The molecule has 0 atom stereocenters. The lowest BCUT2D eigenvalue weighted by Crippen LogP contribution is -2.21. The zero-order chi connectivity index (χ0) is 12.4. The second kappa shape index (κ2) is 5.34. The fourth-order valence-corrected chi connectivity index (χ4v) is 3.01. The molecule has 0 aromatic heterocycles. The summed E-state index contributed by atoms with van der Waals surface area (Å²) in [7, 11) is 0. The van der Waals surface area contributed by atoms with Crippen LogP contribution in [0, 0.1) is 18.8 Å². The molecular weight excluding hydrogens is 276 g/mol. The van der Waals surface area contributed by atoms with Gasteiger partial charge in [0.1, 0.15) is 0 Å². The first kappa shape index (κ1) is 12.8. The first-order valence-corrected chi connectivity index (χ1v) is 7.17. The number of halogens is 1. The standard InChI is InChI=1S/C15H19BrO/c1-10-3-6-12(7-4-10)15(17)13-9-11(2)5-8-14(13)16/h5,8-10,12H,3-4,6-7H2,1-2H3. The summed E-state index contributed by atoms with van der Waals surface area (Å²) in [5, 5.41) is 0. The molecule has 2 heteroatoms. The Balaban J connectivity index is 2.16. The summed E-state index contributed by atoms with van der Waals surface area (Å²) in [5.41, 5.74) is 2.02. The summed E-state index contributed by atoms with van der Waals surface area (Å²) < 4.78 is 0.937. The van der Waals surface area contributed by atoms with Crippen LogP contribution < -0.4 is 0 Å². The van der Waals surface area contributed by atoms with Gasteiger partial charge in [-0.3, -0.25) is 4.79 Å². The van der Waals surface area contributed by atoms with Crippen LogP contribution in [0.25, 0.3) is 0 Å². The molecule has 17 heavy (non-hydrogen) atoms. The lowest BCUT2D eigenvalue weighted by molar-refractivity contribution is 0.0875. The van der Waals surface area contributed by atoms with Crippen LogP contribution in [0.3, 0.4) is 0 Å². The molecule has 0 saturated heterocycles. The zero-order valence-electron chi connectivity index (χ0n) is 10.5. The third-order valence-electron chi connectivity index (χ3n) is 3.77. The van der Waals surface area contributed by atoms with E-state index in [0.717, 1.165) is 34.4 Å². The van der Waals surface area contributed by atoms with Gasteiger partial charge in [0.15, 0.2) is 5.78 Å². The molecule has 2 rings (SSSR count). The van der Waals surface area contributed by atoms with Crippen molar-refractivity contribution < 1.29 is 4.79 Å². The summed E-state index contributed by atoms with van der Waals surface area (Å²) >= 11 is 3.49. The smallest absolute Gasteiger partial charge is 0.167 e. The van der Waals surface area contributed by atoms with E-state index < -0.39 is 0 Å². The fraction of sp³-hybridized carbons (Fsp3) is 0.533. The Morgan fingerprint density at radius 1 is 1.24 bits per heavy atom. The van der Waals surface area contributed by atoms with Gasteiger partial charge in [-0.1, -0.05) is 47.3 Å². The minimum Gasteiger partial charge on any atom is -0.294 e. The van der Waals surface area contributed by atoms with Crippen LogP contribution in [0.15, 0.2) is 22.7 Å². The van der Waals surface area contributed by atoms with Crippen molar-refractivity contribution in [1.82, 2.24) is 0 Å². The molecule has 1 fully saturated rings. The van der Waals surface area contributed by atoms with Crippen LogP contribution in [0.1, 0.15) is 48.5 Å². The highest BCUT2D eigenvalue weighted by Gasteiger charge is 2.26. The Kier molecular flexibility index (Phi) is 4.03. The second-order valence-electron chi connectivity index (χ2n) is 5.30. The molecule has 0 radical (unpaired) electrons. The molecule has 1 aromatic carbocycles. The predicted molar refractivity (Wildman–Crippen MR) is 74.3 cm³/mol. The molecule has 0 heterocycles. The SMILES string of the molecule is Cc1ccc(Br)c(C(=O)C2CCC(C)CC2)c1. The number of aryl methyl sites for hydroxylation is 1. The number of rotatable bonds is 2. The second-order valence-corrected chi connectivity index (χ2v) is 6.16. The van der Waals surface area contributed by atoms with Gasteiger partial charge < -0.3 is 0 Å². The number of carbonyl (C=O) groups excluding carboxylic acids is 1. The van der Waals surface area contributed by atoms with E-state index in [2.05, 4.69) is 22.9 Å². The van der Waals surface area contributed by atoms with Crippen LogP contribution in [0.4, 0.5) is 0 Å². The maximum atomic E-state index is 12.4. The number of carbonyl (C=O) groups is 1. The largest absolute Gasteiger partial charge is 0.294 e. The average Bonchev–Trinajstić information content (AvgIpc) is 2.32. The Labute approximate surface area is 112 Å². The van der Waals surface area contributed by atoms with Gasteiger partial charge in [-0.15, -0.1) is 0 Å². The van der Waals surface area contributed by atoms with E-state index >= 15 is 0 Å². The molecule has 0 spiro atoms. The highest BCUT2D eigenvalue weighted by molar-refractivity contribution is 9.10. The maximum absolute atomic E-state index is 12.4. The van der Waals surface area contributed by atoms with Crippen molar-refractivity contribution >= 4 is 21.7 Å². The number of benzene rings is 1. The van der Waals surface area contributed by atoms with Crippen molar-refractivity contribution in [3.63, 3.8) is 0 Å². The monoisotopic (exact) mass is 294 g/mol. The van der Waals surface area contributed by atoms with Crippen molar-refractivity contribution in [2.45, 2.75) is 39.5 Å². The number of hydrogen-bond acceptors (Lipinski definition) is 1. The lowest BCUT2D eigenvalue weighted by Gasteiger charge is -2.25. The van der Waals surface area contributed by atoms with E-state index in [1.54, 1.807) is 0 Å². The summed E-state index contributed by atoms with van der Waals surface area (Å²) in [4.78, 5) is 12.4. The van der Waals surface area contributed by atoms with Crippen molar-refractivity contribution in [3.05, 3.63) is 33.8 Å². The van der Waals surface area contributed by atoms with Gasteiger partial charge in [-0.05, 0) is 37.8 Å². The van der Waals surface area contributed by atoms with Crippen molar-refractivity contribution in [2.75, 3.05) is 0 Å². The van der Waals surface area contributed by atoms with Crippen LogP contribution in [-0.4, -0.2) is 5.78 Å². The van der Waals surface area contributed by atoms with Crippen LogP contribution in [-0.2, 0) is 0 Å². The molecule has 1 saturated carbocycles. The Morgan fingerprint density at radius 3 is 2.53 bits per heavy atom. The fourth-order valence-electron chi connectivity index (χ4n) is 2.57. The molecule has 0 bridgehead atoms. The predicted octanol–water partition coefficient (Wildman–Crippen LogP) is 4.77. The summed E-state index contributed by atoms with van der Waals surface area (Å²) in [6, 6.07) is 6.02. The van der Waals surface area contributed by atoms with Gasteiger partial charge in [0, 0.05) is 16.0 Å². The Bertz CT molecular complexity index is 417. The lowest BCUT2D eigenvalue weighted by atomic mass is 9.79. The molecule has 1 aliphatic carbocycles. The topological polar surface area (TPSA) is 17.1 Å². The molecule has 0 unspecified atom stereocenters. The first-order valence-electron chi connectivity index (χ1n) is 6.38. The number of hydrogen-bond donors (Lipinski definition) is 0. The number of ketones is 1. The van der Waals surface area contributed by atoms with Crippen molar-refractivity contribution in [2.24, 2.45) is 11.8 Å². The summed E-state index contributed by atoms with van der Waals surface area (Å²) in [6.45, 7) is 4.31. The van der Waals surface area contributed by atoms with Gasteiger partial charge in [-0.25, -0.2) is 0 Å². The van der Waals surface area contributed by atoms with Gasteiger partial charge in [0.25, 0.3) is 0 Å². The summed E-state index contributed by atoms with van der Waals surface area (Å²) in [5.74, 6) is 1.36. The number of Topliss-reactive ketones (excluding diaryl/α,β-unsaturated/α-hetero) is 1. The molecule has 92 valence electrons. The molecule has 1 aromatic rings. The molecule has 1 aliphatic rings.